The molecule has 0 saturated carbocycles. The van der Waals surface area contributed by atoms with E-state index in [1.165, 1.54) is 5.56 Å². The molecule has 2 atom stereocenters. The van der Waals surface area contributed by atoms with Gasteiger partial charge < -0.3 is 10.2 Å². The Bertz CT molecular complexity index is 847. The summed E-state index contributed by atoms with van der Waals surface area (Å²) in [6, 6.07) is 12.1. The number of aromatic nitrogens is 1. The molecule has 2 unspecified atom stereocenters. The summed E-state index contributed by atoms with van der Waals surface area (Å²) in [4.78, 5) is 26.0. The summed E-state index contributed by atoms with van der Waals surface area (Å²) in [5, 5.41) is 17.7. The van der Waals surface area contributed by atoms with E-state index in [-0.39, 0.29) is 11.8 Å². The molecular formula is C24H31NO4. The molecule has 1 heterocycles. The van der Waals surface area contributed by atoms with Gasteiger partial charge in [0.15, 0.2) is 0 Å². The minimum Gasteiger partial charge on any atom is -0.481 e. The van der Waals surface area contributed by atoms with Crippen molar-refractivity contribution in [1.29, 1.82) is 0 Å². The van der Waals surface area contributed by atoms with Crippen LogP contribution in [0.2, 0.25) is 0 Å². The fourth-order valence-electron chi connectivity index (χ4n) is 3.46. The fraction of sp³-hybridized carbons (Fsp3) is 0.458. The number of aryl methyl sites for hydroxylation is 2. The Morgan fingerprint density at radius 1 is 1.17 bits per heavy atom. The first-order valence-electron chi connectivity index (χ1n) is 10.3. The van der Waals surface area contributed by atoms with Crippen molar-refractivity contribution < 1.29 is 19.8 Å². The molecule has 2 aromatic rings. The monoisotopic (exact) mass is 397 g/mol. The van der Waals surface area contributed by atoms with Gasteiger partial charge >= 0.3 is 11.9 Å². The number of nitrogens with zero attached hydrogens (tertiary/aromatic N) is 1. The van der Waals surface area contributed by atoms with Crippen molar-refractivity contribution in [3.05, 3.63) is 64.5 Å². The molecule has 1 aromatic heterocycles. The molecule has 5 nitrogen and oxygen atoms in total. The molecule has 29 heavy (non-hydrogen) atoms. The van der Waals surface area contributed by atoms with E-state index < -0.39 is 11.9 Å². The maximum atomic E-state index is 10.9. The average Bonchev–Trinajstić information content (AvgIpc) is 3.10. The summed E-state index contributed by atoms with van der Waals surface area (Å²) in [5.74, 6) is -2.00. The van der Waals surface area contributed by atoms with Crippen molar-refractivity contribution in [2.75, 3.05) is 0 Å². The van der Waals surface area contributed by atoms with Crippen LogP contribution in [0.1, 0.15) is 54.8 Å². The van der Waals surface area contributed by atoms with Gasteiger partial charge in [0.1, 0.15) is 0 Å². The van der Waals surface area contributed by atoms with Gasteiger partial charge in [-0.2, -0.15) is 0 Å². The Labute approximate surface area is 172 Å². The first-order valence-corrected chi connectivity index (χ1v) is 10.3. The molecule has 0 fully saturated rings. The third-order valence-corrected chi connectivity index (χ3v) is 5.21. The highest BCUT2D eigenvalue weighted by Gasteiger charge is 2.28. The molecule has 156 valence electrons. The van der Waals surface area contributed by atoms with Gasteiger partial charge in [-0.3, -0.25) is 14.6 Å². The minimum atomic E-state index is -0.735. The second-order valence-corrected chi connectivity index (χ2v) is 7.89. The molecule has 1 aromatic carbocycles. The average molecular weight is 398 g/mol. The van der Waals surface area contributed by atoms with Crippen LogP contribution in [0.4, 0.5) is 0 Å². The van der Waals surface area contributed by atoms with Crippen LogP contribution in [-0.2, 0) is 35.3 Å². The lowest BCUT2D eigenvalue weighted by atomic mass is 10.0. The number of carboxylic acids is 2. The van der Waals surface area contributed by atoms with Crippen LogP contribution < -0.4 is 0 Å². The molecule has 1 aliphatic carbocycles. The van der Waals surface area contributed by atoms with Crippen molar-refractivity contribution in [2.24, 2.45) is 11.8 Å². The van der Waals surface area contributed by atoms with Crippen molar-refractivity contribution in [2.45, 2.75) is 59.3 Å². The van der Waals surface area contributed by atoms with E-state index in [2.05, 4.69) is 18.0 Å². The highest BCUT2D eigenvalue weighted by Crippen LogP contribution is 2.25. The Morgan fingerprint density at radius 2 is 1.93 bits per heavy atom. The summed E-state index contributed by atoms with van der Waals surface area (Å²) in [6.45, 7) is 5.90. The van der Waals surface area contributed by atoms with Gasteiger partial charge in [-0.05, 0) is 49.8 Å². The molecule has 5 heteroatoms. The van der Waals surface area contributed by atoms with Gasteiger partial charge in [-0.25, -0.2) is 0 Å². The SMILES string of the molecule is CCCCc1ccc2c(n1)CC(C(=O)O)C2.Cc1cccc(CC(C)C(=O)O)c1. The summed E-state index contributed by atoms with van der Waals surface area (Å²) in [6.07, 6.45) is 5.17. The van der Waals surface area contributed by atoms with Crippen molar-refractivity contribution in [3.8, 4) is 0 Å². The predicted octanol–water partition coefficient (Wildman–Crippen LogP) is 4.48. The number of benzene rings is 1. The molecular weight excluding hydrogens is 366 g/mol. The molecule has 0 spiro atoms. The first kappa shape index (κ1) is 22.6. The quantitative estimate of drug-likeness (QED) is 0.719. The molecule has 0 radical (unpaired) electrons. The standard InChI is InChI=1S/C13H17NO2.C11H14O2/c1-2-3-4-11-6-5-9-7-10(13(15)16)8-12(9)14-11;1-8-4-3-5-10(6-8)7-9(2)11(12)13/h5-6,10H,2-4,7-8H2,1H3,(H,15,16);3-6,9H,7H2,1-2H3,(H,12,13). The van der Waals surface area contributed by atoms with Crippen molar-refractivity contribution >= 4 is 11.9 Å². The zero-order valence-corrected chi connectivity index (χ0v) is 17.5. The molecule has 0 saturated heterocycles. The number of rotatable bonds is 7. The third kappa shape index (κ3) is 7.00. The lowest BCUT2D eigenvalue weighted by Gasteiger charge is -2.06. The summed E-state index contributed by atoms with van der Waals surface area (Å²) in [7, 11) is 0. The summed E-state index contributed by atoms with van der Waals surface area (Å²) < 4.78 is 0. The van der Waals surface area contributed by atoms with Crippen LogP contribution in [0.3, 0.4) is 0 Å². The van der Waals surface area contributed by atoms with E-state index in [0.717, 1.165) is 41.8 Å². The largest absolute Gasteiger partial charge is 0.481 e. The summed E-state index contributed by atoms with van der Waals surface area (Å²) >= 11 is 0. The number of hydrogen-bond donors (Lipinski definition) is 2. The molecule has 0 aliphatic heterocycles. The minimum absolute atomic E-state index is 0.260. The lowest BCUT2D eigenvalue weighted by molar-refractivity contribution is -0.142. The third-order valence-electron chi connectivity index (χ3n) is 5.21. The number of hydrogen-bond acceptors (Lipinski definition) is 3. The van der Waals surface area contributed by atoms with Gasteiger partial charge in [0, 0.05) is 17.8 Å². The van der Waals surface area contributed by atoms with Gasteiger partial charge in [0.05, 0.1) is 11.8 Å². The van der Waals surface area contributed by atoms with Crippen LogP contribution in [0.25, 0.3) is 0 Å². The zero-order chi connectivity index (χ0) is 21.4. The van der Waals surface area contributed by atoms with Gasteiger partial charge in [0.25, 0.3) is 0 Å². The van der Waals surface area contributed by atoms with E-state index in [1.54, 1.807) is 6.92 Å². The molecule has 0 bridgehead atoms. The Balaban J connectivity index is 0.000000212. The maximum Gasteiger partial charge on any atom is 0.307 e. The number of unbranched alkanes of at least 4 members (excludes halogenated alkanes) is 1. The second-order valence-electron chi connectivity index (χ2n) is 7.89. The van der Waals surface area contributed by atoms with Crippen molar-refractivity contribution in [1.82, 2.24) is 4.98 Å². The van der Waals surface area contributed by atoms with E-state index in [4.69, 9.17) is 10.2 Å². The fourth-order valence-corrected chi connectivity index (χ4v) is 3.46. The predicted molar refractivity (Wildman–Crippen MR) is 113 cm³/mol. The van der Waals surface area contributed by atoms with Crippen LogP contribution in [0, 0.1) is 18.8 Å². The van der Waals surface area contributed by atoms with Gasteiger partial charge in [-0.15, -0.1) is 0 Å². The van der Waals surface area contributed by atoms with Gasteiger partial charge in [0.2, 0.25) is 0 Å². The van der Waals surface area contributed by atoms with Crippen LogP contribution in [0.5, 0.6) is 0 Å². The second kappa shape index (κ2) is 10.7. The number of aliphatic carboxylic acids is 2. The zero-order valence-electron chi connectivity index (χ0n) is 17.5. The highest BCUT2D eigenvalue weighted by molar-refractivity contribution is 5.72. The Morgan fingerprint density at radius 3 is 2.55 bits per heavy atom. The molecule has 1 aliphatic rings. The van der Waals surface area contributed by atoms with E-state index in [0.29, 0.717) is 19.3 Å². The van der Waals surface area contributed by atoms with Crippen molar-refractivity contribution in [3.63, 3.8) is 0 Å². The lowest BCUT2D eigenvalue weighted by Crippen LogP contribution is -2.13. The maximum absolute atomic E-state index is 10.9. The summed E-state index contributed by atoms with van der Waals surface area (Å²) in [5.41, 5.74) is 5.49. The molecule has 3 rings (SSSR count). The number of fused-ring (bicyclic) bond motifs is 1. The topological polar surface area (TPSA) is 87.5 Å². The normalized spacial score (nSPS) is 15.8. The van der Waals surface area contributed by atoms with Crippen LogP contribution >= 0.6 is 0 Å². The van der Waals surface area contributed by atoms with E-state index >= 15 is 0 Å². The first-order chi connectivity index (χ1) is 13.8. The number of pyridine rings is 1. The number of carboxylic acid groups (broad SMARTS) is 2. The smallest absolute Gasteiger partial charge is 0.307 e. The molecule has 0 amide bonds. The van der Waals surface area contributed by atoms with E-state index in [9.17, 15) is 9.59 Å². The van der Waals surface area contributed by atoms with E-state index in [1.807, 2.05) is 37.3 Å². The Hall–Kier alpha value is -2.69. The highest BCUT2D eigenvalue weighted by atomic mass is 16.4. The number of carbonyl (C=O) groups is 2. The van der Waals surface area contributed by atoms with Gasteiger partial charge in [-0.1, -0.05) is 56.2 Å². The Kier molecular flexibility index (Phi) is 8.37. The van der Waals surface area contributed by atoms with Crippen LogP contribution in [-0.4, -0.2) is 27.1 Å². The molecule has 2 N–H and O–H groups in total. The van der Waals surface area contributed by atoms with Crippen LogP contribution in [0.15, 0.2) is 36.4 Å².